The number of urea groups is 1. The second-order valence-electron chi connectivity index (χ2n) is 4.29. The number of nitrogens with zero attached hydrogens (tertiary/aromatic N) is 1. The van der Waals surface area contributed by atoms with Crippen LogP contribution in [0.25, 0.3) is 0 Å². The Morgan fingerprint density at radius 3 is 2.95 bits per heavy atom. The minimum Gasteiger partial charge on any atom is -0.377 e. The normalized spacial score (nSPS) is 15.1. The highest BCUT2D eigenvalue weighted by atomic mass is 16.5. The van der Waals surface area contributed by atoms with Crippen LogP contribution in [-0.4, -0.2) is 39.2 Å². The highest BCUT2D eigenvalue weighted by Gasteiger charge is 2.03. The third kappa shape index (κ3) is 6.76. The zero-order valence-corrected chi connectivity index (χ0v) is 11.7. The summed E-state index contributed by atoms with van der Waals surface area (Å²) in [5, 5.41) is 5.18. The van der Waals surface area contributed by atoms with E-state index in [2.05, 4.69) is 33.9 Å². The molecule has 5 heteroatoms. The van der Waals surface area contributed by atoms with Gasteiger partial charge in [0.2, 0.25) is 0 Å². The van der Waals surface area contributed by atoms with E-state index in [1.165, 1.54) is 5.57 Å². The van der Waals surface area contributed by atoms with Gasteiger partial charge in [-0.25, -0.2) is 4.79 Å². The van der Waals surface area contributed by atoms with Gasteiger partial charge in [0, 0.05) is 27.1 Å². The third-order valence-corrected chi connectivity index (χ3v) is 2.80. The number of carbonyl (C=O) groups excluding carboxylic acids is 1. The molecule has 0 atom stereocenters. The SMILES string of the molecule is CN=C(CCCOCC1=CCCC=C1)NC(=O)NC. The highest BCUT2D eigenvalue weighted by Crippen LogP contribution is 2.09. The molecule has 0 aromatic heterocycles. The van der Waals surface area contributed by atoms with Crippen molar-refractivity contribution < 1.29 is 9.53 Å². The van der Waals surface area contributed by atoms with Gasteiger partial charge < -0.3 is 10.1 Å². The Labute approximate surface area is 114 Å². The van der Waals surface area contributed by atoms with Crippen LogP contribution in [0.2, 0.25) is 0 Å². The van der Waals surface area contributed by atoms with Crippen molar-refractivity contribution in [3.8, 4) is 0 Å². The van der Waals surface area contributed by atoms with Crippen LogP contribution in [-0.2, 0) is 4.74 Å². The summed E-state index contributed by atoms with van der Waals surface area (Å²) in [6.45, 7) is 1.33. The maximum atomic E-state index is 11.1. The number of ether oxygens (including phenoxy) is 1. The fraction of sp³-hybridized carbons (Fsp3) is 0.571. The number of nitrogens with one attached hydrogen (secondary N) is 2. The zero-order valence-electron chi connectivity index (χ0n) is 11.7. The van der Waals surface area contributed by atoms with Crippen molar-refractivity contribution in [1.82, 2.24) is 10.6 Å². The Kier molecular flexibility index (Phi) is 7.58. The molecule has 0 aromatic carbocycles. The van der Waals surface area contributed by atoms with Gasteiger partial charge >= 0.3 is 6.03 Å². The lowest BCUT2D eigenvalue weighted by Crippen LogP contribution is -2.37. The molecule has 19 heavy (non-hydrogen) atoms. The van der Waals surface area contributed by atoms with Crippen LogP contribution in [0.5, 0.6) is 0 Å². The number of amidine groups is 1. The van der Waals surface area contributed by atoms with Gasteiger partial charge in [-0.3, -0.25) is 10.3 Å². The van der Waals surface area contributed by atoms with Crippen molar-refractivity contribution in [3.05, 3.63) is 23.8 Å². The van der Waals surface area contributed by atoms with E-state index in [-0.39, 0.29) is 6.03 Å². The fourth-order valence-electron chi connectivity index (χ4n) is 1.73. The molecule has 0 unspecified atom stereocenters. The van der Waals surface area contributed by atoms with Crippen LogP contribution in [0.4, 0.5) is 4.79 Å². The molecule has 0 saturated heterocycles. The molecule has 0 spiro atoms. The van der Waals surface area contributed by atoms with Crippen LogP contribution < -0.4 is 10.6 Å². The van der Waals surface area contributed by atoms with E-state index in [9.17, 15) is 4.79 Å². The smallest absolute Gasteiger partial charge is 0.319 e. The molecule has 0 saturated carbocycles. The lowest BCUT2D eigenvalue weighted by atomic mass is 10.1. The number of amides is 2. The monoisotopic (exact) mass is 265 g/mol. The molecule has 2 amide bonds. The molecule has 2 N–H and O–H groups in total. The lowest BCUT2D eigenvalue weighted by molar-refractivity contribution is 0.156. The standard InChI is InChI=1S/C14H23N3O2/c1-15-13(17-14(18)16-2)9-6-10-19-11-12-7-4-3-5-8-12/h4,7-8H,3,5-6,9-11H2,1-2H3,(H2,15,16,17,18). The van der Waals surface area contributed by atoms with Gasteiger partial charge in [0.15, 0.2) is 0 Å². The van der Waals surface area contributed by atoms with Gasteiger partial charge in [-0.1, -0.05) is 18.2 Å². The van der Waals surface area contributed by atoms with Crippen molar-refractivity contribution in [3.63, 3.8) is 0 Å². The molecule has 1 aliphatic carbocycles. The molecule has 0 radical (unpaired) electrons. The van der Waals surface area contributed by atoms with Crippen LogP contribution in [0.15, 0.2) is 28.8 Å². The average molecular weight is 265 g/mol. The van der Waals surface area contributed by atoms with E-state index in [1.54, 1.807) is 14.1 Å². The van der Waals surface area contributed by atoms with Gasteiger partial charge in [-0.05, 0) is 24.8 Å². The predicted octanol–water partition coefficient (Wildman–Crippen LogP) is 2.02. The molecule has 1 rings (SSSR count). The Morgan fingerprint density at radius 2 is 2.32 bits per heavy atom. The molecule has 0 heterocycles. The molecule has 0 fully saturated rings. The predicted molar refractivity (Wildman–Crippen MR) is 77.5 cm³/mol. The van der Waals surface area contributed by atoms with E-state index in [0.717, 1.165) is 19.3 Å². The Bertz CT molecular complexity index is 373. The van der Waals surface area contributed by atoms with Gasteiger partial charge in [0.05, 0.1) is 6.61 Å². The minimum absolute atomic E-state index is 0.237. The van der Waals surface area contributed by atoms with Gasteiger partial charge in [-0.15, -0.1) is 0 Å². The minimum atomic E-state index is -0.237. The van der Waals surface area contributed by atoms with E-state index in [1.807, 2.05) is 0 Å². The quantitative estimate of drug-likeness (QED) is 0.438. The number of hydrogen-bond acceptors (Lipinski definition) is 3. The van der Waals surface area contributed by atoms with Gasteiger partial charge in [0.25, 0.3) is 0 Å². The topological polar surface area (TPSA) is 62.7 Å². The lowest BCUT2D eigenvalue weighted by Gasteiger charge is -2.09. The van der Waals surface area contributed by atoms with Crippen LogP contribution >= 0.6 is 0 Å². The van der Waals surface area contributed by atoms with Crippen LogP contribution in [0, 0.1) is 0 Å². The number of hydrogen-bond donors (Lipinski definition) is 2. The fourth-order valence-corrected chi connectivity index (χ4v) is 1.73. The van der Waals surface area contributed by atoms with Crippen molar-refractivity contribution in [1.29, 1.82) is 0 Å². The Balaban J connectivity index is 2.10. The van der Waals surface area contributed by atoms with Crippen LogP contribution in [0.1, 0.15) is 25.7 Å². The van der Waals surface area contributed by atoms with E-state index < -0.39 is 0 Å². The zero-order chi connectivity index (χ0) is 13.9. The number of rotatable bonds is 6. The van der Waals surface area contributed by atoms with E-state index >= 15 is 0 Å². The average Bonchev–Trinajstić information content (AvgIpc) is 2.46. The largest absolute Gasteiger partial charge is 0.377 e. The number of aliphatic imine (C=N–C) groups is 1. The summed E-state index contributed by atoms with van der Waals surface area (Å²) in [6.07, 6.45) is 10.3. The molecule has 106 valence electrons. The molecular weight excluding hydrogens is 242 g/mol. The summed E-state index contributed by atoms with van der Waals surface area (Å²) in [4.78, 5) is 15.2. The first-order valence-corrected chi connectivity index (χ1v) is 6.64. The first kappa shape index (κ1) is 15.4. The summed E-state index contributed by atoms with van der Waals surface area (Å²) in [6, 6.07) is -0.237. The highest BCUT2D eigenvalue weighted by molar-refractivity contribution is 5.97. The number of allylic oxidation sites excluding steroid dienone is 2. The Morgan fingerprint density at radius 1 is 1.47 bits per heavy atom. The molecule has 5 nitrogen and oxygen atoms in total. The van der Waals surface area contributed by atoms with Crippen molar-refractivity contribution in [2.24, 2.45) is 4.99 Å². The number of carbonyl (C=O) groups is 1. The van der Waals surface area contributed by atoms with Crippen molar-refractivity contribution >= 4 is 11.9 Å². The van der Waals surface area contributed by atoms with Crippen LogP contribution in [0.3, 0.4) is 0 Å². The maximum Gasteiger partial charge on any atom is 0.319 e. The second kappa shape index (κ2) is 9.33. The van der Waals surface area contributed by atoms with Crippen molar-refractivity contribution in [2.75, 3.05) is 27.3 Å². The summed E-state index contributed by atoms with van der Waals surface area (Å²) >= 11 is 0. The third-order valence-electron chi connectivity index (χ3n) is 2.80. The first-order chi connectivity index (χ1) is 9.26. The van der Waals surface area contributed by atoms with E-state index in [0.29, 0.717) is 25.5 Å². The summed E-state index contributed by atoms with van der Waals surface area (Å²) in [5.74, 6) is 0.680. The first-order valence-electron chi connectivity index (χ1n) is 6.64. The van der Waals surface area contributed by atoms with Gasteiger partial charge in [-0.2, -0.15) is 0 Å². The summed E-state index contributed by atoms with van der Waals surface area (Å²) in [5.41, 5.74) is 1.25. The van der Waals surface area contributed by atoms with Gasteiger partial charge in [0.1, 0.15) is 5.84 Å². The molecule has 1 aliphatic rings. The Hall–Kier alpha value is -1.62. The second-order valence-corrected chi connectivity index (χ2v) is 4.29. The maximum absolute atomic E-state index is 11.1. The summed E-state index contributed by atoms with van der Waals surface area (Å²) in [7, 11) is 3.25. The van der Waals surface area contributed by atoms with E-state index in [4.69, 9.17) is 4.74 Å². The molecule has 0 aliphatic heterocycles. The molecule has 0 bridgehead atoms. The van der Waals surface area contributed by atoms with Crippen molar-refractivity contribution in [2.45, 2.75) is 25.7 Å². The molecule has 0 aromatic rings. The summed E-state index contributed by atoms with van der Waals surface area (Å²) < 4.78 is 5.60. The molecular formula is C14H23N3O2.